The average Bonchev–Trinajstić information content (AvgIpc) is 2.99. The van der Waals surface area contributed by atoms with E-state index in [1.165, 1.54) is 0 Å². The van der Waals surface area contributed by atoms with E-state index in [0.29, 0.717) is 24.8 Å². The number of hydrogen-bond acceptors (Lipinski definition) is 4. The zero-order valence-electron chi connectivity index (χ0n) is 12.1. The molecule has 2 aromatic rings. The third-order valence-corrected chi connectivity index (χ3v) is 3.22. The standard InChI is InChI=1S/C15H20ClN3O2/c1-20-8-5-17-11-13-10-14(16)2-3-15(13)21-9-7-19-6-4-18-12-19/h2-4,6,10,12,17H,5,7-9,11H2,1H3. The van der Waals surface area contributed by atoms with Crippen LogP contribution in [0.15, 0.2) is 36.9 Å². The Morgan fingerprint density at radius 1 is 1.33 bits per heavy atom. The first kappa shape index (κ1) is 15.8. The predicted octanol–water partition coefficient (Wildman–Crippen LogP) is 2.35. The molecule has 0 radical (unpaired) electrons. The van der Waals surface area contributed by atoms with Crippen molar-refractivity contribution in [1.29, 1.82) is 0 Å². The summed E-state index contributed by atoms with van der Waals surface area (Å²) >= 11 is 6.05. The smallest absolute Gasteiger partial charge is 0.123 e. The zero-order valence-corrected chi connectivity index (χ0v) is 12.8. The van der Waals surface area contributed by atoms with Crippen molar-refractivity contribution < 1.29 is 9.47 Å². The molecule has 0 unspecified atom stereocenters. The lowest BCUT2D eigenvalue weighted by Gasteiger charge is -2.13. The Kier molecular flexibility index (Phi) is 6.53. The zero-order chi connectivity index (χ0) is 14.9. The number of methoxy groups -OCH3 is 1. The molecule has 0 fully saturated rings. The predicted molar refractivity (Wildman–Crippen MR) is 82.8 cm³/mol. The quantitative estimate of drug-likeness (QED) is 0.722. The van der Waals surface area contributed by atoms with Crippen molar-refractivity contribution in [1.82, 2.24) is 14.9 Å². The van der Waals surface area contributed by atoms with Crippen molar-refractivity contribution in [3.8, 4) is 5.75 Å². The Balaban J connectivity index is 1.87. The third kappa shape index (κ3) is 5.38. The van der Waals surface area contributed by atoms with E-state index in [9.17, 15) is 0 Å². The molecular weight excluding hydrogens is 290 g/mol. The summed E-state index contributed by atoms with van der Waals surface area (Å²) in [6.45, 7) is 3.52. The molecule has 1 aromatic carbocycles. The number of rotatable bonds is 9. The van der Waals surface area contributed by atoms with E-state index in [1.54, 1.807) is 19.6 Å². The minimum atomic E-state index is 0.586. The van der Waals surface area contributed by atoms with Crippen molar-refractivity contribution in [2.75, 3.05) is 26.9 Å². The van der Waals surface area contributed by atoms with E-state index in [4.69, 9.17) is 21.1 Å². The molecular formula is C15H20ClN3O2. The van der Waals surface area contributed by atoms with Crippen LogP contribution in [0.3, 0.4) is 0 Å². The number of aromatic nitrogens is 2. The number of nitrogens with zero attached hydrogens (tertiary/aromatic N) is 2. The second-order valence-corrected chi connectivity index (χ2v) is 5.01. The second-order valence-electron chi connectivity index (χ2n) is 4.57. The Bertz CT molecular complexity index is 532. The fourth-order valence-electron chi connectivity index (χ4n) is 1.90. The molecule has 0 aliphatic carbocycles. The SMILES string of the molecule is COCCNCc1cc(Cl)ccc1OCCn1ccnc1. The van der Waals surface area contributed by atoms with Crippen LogP contribution in [0.4, 0.5) is 0 Å². The van der Waals surface area contributed by atoms with Crippen LogP contribution in [0.25, 0.3) is 0 Å². The van der Waals surface area contributed by atoms with Gasteiger partial charge in [-0.05, 0) is 18.2 Å². The lowest BCUT2D eigenvalue weighted by molar-refractivity contribution is 0.199. The Morgan fingerprint density at radius 3 is 3.00 bits per heavy atom. The number of ether oxygens (including phenoxy) is 2. The van der Waals surface area contributed by atoms with Gasteiger partial charge in [0, 0.05) is 43.2 Å². The highest BCUT2D eigenvalue weighted by Crippen LogP contribution is 2.22. The first-order valence-electron chi connectivity index (χ1n) is 6.86. The lowest BCUT2D eigenvalue weighted by Crippen LogP contribution is -2.19. The molecule has 0 saturated carbocycles. The number of benzene rings is 1. The summed E-state index contributed by atoms with van der Waals surface area (Å²) in [6, 6.07) is 5.67. The topological polar surface area (TPSA) is 48.3 Å². The van der Waals surface area contributed by atoms with Crippen LogP contribution in [-0.4, -0.2) is 36.4 Å². The Labute approximate surface area is 129 Å². The molecule has 0 bridgehead atoms. The molecule has 0 aliphatic heterocycles. The Morgan fingerprint density at radius 2 is 2.24 bits per heavy atom. The molecule has 1 N–H and O–H groups in total. The second kappa shape index (κ2) is 8.67. The first-order chi connectivity index (χ1) is 10.3. The van der Waals surface area contributed by atoms with Crippen LogP contribution in [-0.2, 0) is 17.8 Å². The lowest BCUT2D eigenvalue weighted by atomic mass is 10.2. The van der Waals surface area contributed by atoms with Gasteiger partial charge >= 0.3 is 0 Å². The van der Waals surface area contributed by atoms with Gasteiger partial charge in [-0.2, -0.15) is 0 Å². The molecule has 1 aromatic heterocycles. The highest BCUT2D eigenvalue weighted by Gasteiger charge is 2.05. The largest absolute Gasteiger partial charge is 0.491 e. The monoisotopic (exact) mass is 309 g/mol. The number of hydrogen-bond donors (Lipinski definition) is 1. The number of imidazole rings is 1. The van der Waals surface area contributed by atoms with Crippen molar-refractivity contribution in [2.45, 2.75) is 13.1 Å². The molecule has 21 heavy (non-hydrogen) atoms. The van der Waals surface area contributed by atoms with E-state index < -0.39 is 0 Å². The highest BCUT2D eigenvalue weighted by atomic mass is 35.5. The molecule has 114 valence electrons. The van der Waals surface area contributed by atoms with Gasteiger partial charge in [-0.25, -0.2) is 4.98 Å². The van der Waals surface area contributed by atoms with Gasteiger partial charge in [0.2, 0.25) is 0 Å². The summed E-state index contributed by atoms with van der Waals surface area (Å²) in [5.41, 5.74) is 1.05. The van der Waals surface area contributed by atoms with Gasteiger partial charge in [-0.15, -0.1) is 0 Å². The minimum Gasteiger partial charge on any atom is -0.491 e. The van der Waals surface area contributed by atoms with Gasteiger partial charge in [0.15, 0.2) is 0 Å². The molecule has 0 amide bonds. The van der Waals surface area contributed by atoms with Gasteiger partial charge in [0.25, 0.3) is 0 Å². The molecule has 0 aliphatic rings. The van der Waals surface area contributed by atoms with Gasteiger partial charge < -0.3 is 19.4 Å². The molecule has 6 heteroatoms. The van der Waals surface area contributed by atoms with Crippen LogP contribution >= 0.6 is 11.6 Å². The summed E-state index contributed by atoms with van der Waals surface area (Å²) in [6.07, 6.45) is 5.45. The van der Waals surface area contributed by atoms with Crippen molar-refractivity contribution >= 4 is 11.6 Å². The summed E-state index contributed by atoms with van der Waals surface area (Å²) in [5.74, 6) is 0.851. The van der Waals surface area contributed by atoms with E-state index in [1.807, 2.05) is 29.0 Å². The van der Waals surface area contributed by atoms with Gasteiger partial charge in [0.05, 0.1) is 19.5 Å². The molecule has 2 rings (SSSR count). The molecule has 0 saturated heterocycles. The minimum absolute atomic E-state index is 0.586. The van der Waals surface area contributed by atoms with E-state index in [2.05, 4.69) is 10.3 Å². The maximum absolute atomic E-state index is 6.05. The van der Waals surface area contributed by atoms with Gasteiger partial charge in [0.1, 0.15) is 12.4 Å². The van der Waals surface area contributed by atoms with Crippen LogP contribution in [0.1, 0.15) is 5.56 Å². The molecule has 0 spiro atoms. The average molecular weight is 310 g/mol. The molecule has 5 nitrogen and oxygen atoms in total. The van der Waals surface area contributed by atoms with Crippen molar-refractivity contribution in [2.24, 2.45) is 0 Å². The van der Waals surface area contributed by atoms with Crippen molar-refractivity contribution in [3.05, 3.63) is 47.5 Å². The summed E-state index contributed by atoms with van der Waals surface area (Å²) in [4.78, 5) is 4.00. The van der Waals surface area contributed by atoms with Crippen molar-refractivity contribution in [3.63, 3.8) is 0 Å². The normalized spacial score (nSPS) is 10.8. The number of nitrogens with one attached hydrogen (secondary N) is 1. The van der Waals surface area contributed by atoms with Crippen LogP contribution in [0, 0.1) is 0 Å². The summed E-state index contributed by atoms with van der Waals surface area (Å²) in [5, 5.41) is 4.00. The third-order valence-electron chi connectivity index (χ3n) is 2.99. The first-order valence-corrected chi connectivity index (χ1v) is 7.24. The molecule has 1 heterocycles. The van der Waals surface area contributed by atoms with Crippen LogP contribution < -0.4 is 10.1 Å². The van der Waals surface area contributed by atoms with Crippen LogP contribution in [0.2, 0.25) is 5.02 Å². The number of halogens is 1. The van der Waals surface area contributed by atoms with E-state index in [0.717, 1.165) is 24.4 Å². The van der Waals surface area contributed by atoms with Crippen LogP contribution in [0.5, 0.6) is 5.75 Å². The van der Waals surface area contributed by atoms with Gasteiger partial charge in [-0.1, -0.05) is 11.6 Å². The fourth-order valence-corrected chi connectivity index (χ4v) is 2.10. The van der Waals surface area contributed by atoms with E-state index >= 15 is 0 Å². The Hall–Kier alpha value is -1.56. The molecule has 0 atom stereocenters. The van der Waals surface area contributed by atoms with Gasteiger partial charge in [-0.3, -0.25) is 0 Å². The van der Waals surface area contributed by atoms with E-state index in [-0.39, 0.29) is 0 Å². The maximum atomic E-state index is 6.05. The summed E-state index contributed by atoms with van der Waals surface area (Å²) < 4.78 is 12.8. The fraction of sp³-hybridized carbons (Fsp3) is 0.400. The highest BCUT2D eigenvalue weighted by molar-refractivity contribution is 6.30. The summed E-state index contributed by atoms with van der Waals surface area (Å²) in [7, 11) is 1.69. The maximum Gasteiger partial charge on any atom is 0.123 e.